The highest BCUT2D eigenvalue weighted by atomic mass is 79.9. The van der Waals surface area contributed by atoms with Crippen molar-refractivity contribution in [3.63, 3.8) is 0 Å². The summed E-state index contributed by atoms with van der Waals surface area (Å²) in [5.41, 5.74) is 7.59. The third kappa shape index (κ3) is 4.50. The zero-order valence-electron chi connectivity index (χ0n) is 12.3. The van der Waals surface area contributed by atoms with Crippen molar-refractivity contribution >= 4 is 15.9 Å². The second kappa shape index (κ2) is 7.91. The minimum atomic E-state index is 0.213. The maximum absolute atomic E-state index is 6.08. The number of unbranched alkanes of at least 4 members (excludes halogenated alkanes) is 1. The molecular formula is C16H26BrNO. The molecule has 0 saturated carbocycles. The topological polar surface area (TPSA) is 35.2 Å². The molecule has 1 atom stereocenters. The molecule has 3 heteroatoms. The molecule has 0 saturated heterocycles. The quantitative estimate of drug-likeness (QED) is 0.760. The van der Waals surface area contributed by atoms with Crippen LogP contribution < -0.4 is 10.5 Å². The monoisotopic (exact) mass is 327 g/mol. The fraction of sp³-hybridized carbons (Fsp3) is 0.625. The highest BCUT2D eigenvalue weighted by Gasteiger charge is 2.27. The maximum Gasteiger partial charge on any atom is 0.119 e. The molecule has 1 aromatic rings. The first-order valence-corrected chi connectivity index (χ1v) is 7.92. The van der Waals surface area contributed by atoms with Gasteiger partial charge in [-0.2, -0.15) is 0 Å². The lowest BCUT2D eigenvalue weighted by molar-refractivity contribution is 0.250. The largest absolute Gasteiger partial charge is 0.497 e. The third-order valence-electron chi connectivity index (χ3n) is 4.06. The lowest BCUT2D eigenvalue weighted by Gasteiger charge is -2.32. The molecule has 2 nitrogen and oxygen atoms in total. The van der Waals surface area contributed by atoms with Crippen LogP contribution in [0.15, 0.2) is 22.7 Å². The number of halogens is 1. The van der Waals surface area contributed by atoms with Crippen LogP contribution in [0, 0.1) is 5.41 Å². The summed E-state index contributed by atoms with van der Waals surface area (Å²) in [6.45, 7) is 5.22. The molecule has 0 radical (unpaired) electrons. The van der Waals surface area contributed by atoms with E-state index in [1.54, 1.807) is 7.11 Å². The Balaban J connectivity index is 2.95. The highest BCUT2D eigenvalue weighted by Crippen LogP contribution is 2.35. The van der Waals surface area contributed by atoms with E-state index in [1.165, 1.54) is 24.8 Å². The van der Waals surface area contributed by atoms with E-state index in [1.807, 2.05) is 6.07 Å². The number of hydrogen-bond donors (Lipinski definition) is 1. The number of rotatable bonds is 8. The van der Waals surface area contributed by atoms with Crippen molar-refractivity contribution in [3.8, 4) is 5.75 Å². The first-order valence-electron chi connectivity index (χ1n) is 7.13. The first kappa shape index (κ1) is 16.5. The van der Waals surface area contributed by atoms with Crippen LogP contribution >= 0.6 is 15.9 Å². The second-order valence-electron chi connectivity index (χ2n) is 5.30. The lowest BCUT2D eigenvalue weighted by atomic mass is 9.75. The van der Waals surface area contributed by atoms with Crippen molar-refractivity contribution in [1.29, 1.82) is 0 Å². The molecule has 0 spiro atoms. The van der Waals surface area contributed by atoms with E-state index in [0.717, 1.165) is 29.6 Å². The molecule has 0 aliphatic heterocycles. The van der Waals surface area contributed by atoms with Gasteiger partial charge in [0.05, 0.1) is 7.11 Å². The third-order valence-corrected chi connectivity index (χ3v) is 4.84. The van der Waals surface area contributed by atoms with Gasteiger partial charge in [0.25, 0.3) is 0 Å². The van der Waals surface area contributed by atoms with Gasteiger partial charge in [-0.25, -0.2) is 0 Å². The Hall–Kier alpha value is -0.540. The molecule has 1 unspecified atom stereocenters. The van der Waals surface area contributed by atoms with Crippen LogP contribution in [0.3, 0.4) is 0 Å². The molecular weight excluding hydrogens is 302 g/mol. The normalized spacial score (nSPS) is 14.2. The van der Waals surface area contributed by atoms with Crippen LogP contribution in [0.1, 0.15) is 45.1 Å². The number of benzene rings is 1. The van der Waals surface area contributed by atoms with Crippen molar-refractivity contribution in [1.82, 2.24) is 0 Å². The number of hydrogen-bond acceptors (Lipinski definition) is 2. The van der Waals surface area contributed by atoms with E-state index in [-0.39, 0.29) is 5.41 Å². The average molecular weight is 328 g/mol. The predicted octanol–water partition coefficient (Wildman–Crippen LogP) is 4.55. The summed E-state index contributed by atoms with van der Waals surface area (Å²) in [5.74, 6) is 0.913. The van der Waals surface area contributed by atoms with E-state index in [0.29, 0.717) is 0 Å². The van der Waals surface area contributed by atoms with E-state index >= 15 is 0 Å². The van der Waals surface area contributed by atoms with Gasteiger partial charge in [0.15, 0.2) is 0 Å². The van der Waals surface area contributed by atoms with Gasteiger partial charge in [-0.1, -0.05) is 42.6 Å². The van der Waals surface area contributed by atoms with Gasteiger partial charge in [0.2, 0.25) is 0 Å². The van der Waals surface area contributed by atoms with Crippen LogP contribution in [0.2, 0.25) is 0 Å². The van der Waals surface area contributed by atoms with Gasteiger partial charge in [0, 0.05) is 4.47 Å². The zero-order chi connectivity index (χ0) is 14.3. The Bertz CT molecular complexity index is 388. The standard InChI is InChI=1S/C16H26BrNO/c1-4-6-9-16(5-2,12-18)11-13-10-14(19-3)7-8-15(13)17/h7-8,10H,4-6,9,11-12,18H2,1-3H3. The maximum atomic E-state index is 6.08. The van der Waals surface area contributed by atoms with E-state index < -0.39 is 0 Å². The molecule has 0 aromatic heterocycles. The van der Waals surface area contributed by atoms with Crippen LogP contribution in [0.4, 0.5) is 0 Å². The zero-order valence-corrected chi connectivity index (χ0v) is 13.9. The van der Waals surface area contributed by atoms with Crippen LogP contribution in [-0.2, 0) is 6.42 Å². The molecule has 0 heterocycles. The second-order valence-corrected chi connectivity index (χ2v) is 6.15. The molecule has 2 N–H and O–H groups in total. The highest BCUT2D eigenvalue weighted by molar-refractivity contribution is 9.10. The van der Waals surface area contributed by atoms with E-state index in [2.05, 4.69) is 41.9 Å². The van der Waals surface area contributed by atoms with Gasteiger partial charge in [-0.15, -0.1) is 0 Å². The van der Waals surface area contributed by atoms with Gasteiger partial charge >= 0.3 is 0 Å². The predicted molar refractivity (Wildman–Crippen MR) is 85.7 cm³/mol. The first-order chi connectivity index (χ1) is 9.10. The molecule has 0 fully saturated rings. The molecule has 108 valence electrons. The summed E-state index contributed by atoms with van der Waals surface area (Å²) in [6.07, 6.45) is 5.79. The Labute approximate surface area is 125 Å². The summed E-state index contributed by atoms with van der Waals surface area (Å²) in [6, 6.07) is 6.16. The summed E-state index contributed by atoms with van der Waals surface area (Å²) in [7, 11) is 1.71. The average Bonchev–Trinajstić information content (AvgIpc) is 2.45. The molecule has 19 heavy (non-hydrogen) atoms. The van der Waals surface area contributed by atoms with Crippen LogP contribution in [0.5, 0.6) is 5.75 Å². The Morgan fingerprint density at radius 3 is 2.58 bits per heavy atom. The van der Waals surface area contributed by atoms with Crippen LogP contribution in [-0.4, -0.2) is 13.7 Å². The van der Waals surface area contributed by atoms with Crippen molar-refractivity contribution in [3.05, 3.63) is 28.2 Å². The summed E-state index contributed by atoms with van der Waals surface area (Å²) in [5, 5.41) is 0. The molecule has 1 aromatic carbocycles. The molecule has 0 aliphatic rings. The minimum absolute atomic E-state index is 0.213. The Morgan fingerprint density at radius 1 is 1.32 bits per heavy atom. The smallest absolute Gasteiger partial charge is 0.119 e. The van der Waals surface area contributed by atoms with Gasteiger partial charge < -0.3 is 10.5 Å². The number of methoxy groups -OCH3 is 1. The van der Waals surface area contributed by atoms with Crippen LogP contribution in [0.25, 0.3) is 0 Å². The number of ether oxygens (including phenoxy) is 1. The van der Waals surface area contributed by atoms with Gasteiger partial charge in [0.1, 0.15) is 5.75 Å². The van der Waals surface area contributed by atoms with Gasteiger partial charge in [-0.3, -0.25) is 0 Å². The molecule has 0 amide bonds. The summed E-state index contributed by atoms with van der Waals surface area (Å²) < 4.78 is 6.47. The summed E-state index contributed by atoms with van der Waals surface area (Å²) >= 11 is 3.64. The fourth-order valence-corrected chi connectivity index (χ4v) is 2.86. The Kier molecular flexibility index (Phi) is 6.87. The fourth-order valence-electron chi connectivity index (χ4n) is 2.48. The molecule has 0 aliphatic carbocycles. The van der Waals surface area contributed by atoms with Crippen molar-refractivity contribution in [2.75, 3.05) is 13.7 Å². The molecule has 0 bridgehead atoms. The van der Waals surface area contributed by atoms with Crippen molar-refractivity contribution < 1.29 is 4.74 Å². The lowest BCUT2D eigenvalue weighted by Crippen LogP contribution is -2.32. The van der Waals surface area contributed by atoms with Crippen molar-refractivity contribution in [2.24, 2.45) is 11.1 Å². The van der Waals surface area contributed by atoms with E-state index in [4.69, 9.17) is 10.5 Å². The SMILES string of the molecule is CCCCC(CC)(CN)Cc1cc(OC)ccc1Br. The van der Waals surface area contributed by atoms with Crippen molar-refractivity contribution in [2.45, 2.75) is 46.0 Å². The Morgan fingerprint density at radius 2 is 2.05 bits per heavy atom. The van der Waals surface area contributed by atoms with E-state index in [9.17, 15) is 0 Å². The molecule has 1 rings (SSSR count). The number of nitrogens with two attached hydrogens (primary N) is 1. The minimum Gasteiger partial charge on any atom is -0.497 e. The summed E-state index contributed by atoms with van der Waals surface area (Å²) in [4.78, 5) is 0. The van der Waals surface area contributed by atoms with Gasteiger partial charge in [-0.05, 0) is 55.0 Å².